The SMILES string of the molecule is Nc1ccc(Br)cc1C(=O)Nc1cc(F)c(F)cc1F. The lowest BCUT2D eigenvalue weighted by atomic mass is 10.1. The van der Waals surface area contributed by atoms with Gasteiger partial charge in [0.25, 0.3) is 5.91 Å². The van der Waals surface area contributed by atoms with Crippen molar-refractivity contribution in [2.75, 3.05) is 11.1 Å². The molecule has 0 atom stereocenters. The van der Waals surface area contributed by atoms with Gasteiger partial charge in [0.15, 0.2) is 11.6 Å². The van der Waals surface area contributed by atoms with Crippen LogP contribution in [0.25, 0.3) is 0 Å². The molecule has 0 spiro atoms. The molecule has 0 saturated carbocycles. The number of carbonyl (C=O) groups excluding carboxylic acids is 1. The van der Waals surface area contributed by atoms with E-state index in [2.05, 4.69) is 21.2 Å². The summed E-state index contributed by atoms with van der Waals surface area (Å²) >= 11 is 3.17. The van der Waals surface area contributed by atoms with E-state index in [1.807, 2.05) is 0 Å². The number of amides is 1. The topological polar surface area (TPSA) is 55.1 Å². The summed E-state index contributed by atoms with van der Waals surface area (Å²) < 4.78 is 39.8. The molecule has 0 bridgehead atoms. The molecule has 0 heterocycles. The average molecular weight is 345 g/mol. The van der Waals surface area contributed by atoms with Gasteiger partial charge in [-0.15, -0.1) is 0 Å². The fourth-order valence-corrected chi connectivity index (χ4v) is 1.89. The summed E-state index contributed by atoms with van der Waals surface area (Å²) in [4.78, 5) is 11.9. The molecule has 0 saturated heterocycles. The number of hydrogen-bond acceptors (Lipinski definition) is 2. The molecular formula is C13H8BrF3N2O. The van der Waals surface area contributed by atoms with E-state index in [4.69, 9.17) is 5.73 Å². The highest BCUT2D eigenvalue weighted by molar-refractivity contribution is 9.10. The fourth-order valence-electron chi connectivity index (χ4n) is 1.53. The van der Waals surface area contributed by atoms with Crippen LogP contribution in [-0.2, 0) is 0 Å². The highest BCUT2D eigenvalue weighted by Crippen LogP contribution is 2.22. The highest BCUT2D eigenvalue weighted by Gasteiger charge is 2.15. The predicted octanol–water partition coefficient (Wildman–Crippen LogP) is 3.70. The number of benzene rings is 2. The van der Waals surface area contributed by atoms with Gasteiger partial charge in [-0.3, -0.25) is 4.79 Å². The van der Waals surface area contributed by atoms with Crippen LogP contribution in [0.2, 0.25) is 0 Å². The number of nitrogens with one attached hydrogen (secondary N) is 1. The standard InChI is InChI=1S/C13H8BrF3N2O/c14-6-1-2-11(18)7(3-6)13(20)19-12-5-9(16)8(15)4-10(12)17/h1-5H,18H2,(H,19,20). The maximum Gasteiger partial charge on any atom is 0.257 e. The first-order chi connectivity index (χ1) is 9.38. The third-order valence-electron chi connectivity index (χ3n) is 2.52. The van der Waals surface area contributed by atoms with Gasteiger partial charge in [0.2, 0.25) is 0 Å². The Bertz CT molecular complexity index is 692. The number of nitrogens with two attached hydrogens (primary N) is 1. The summed E-state index contributed by atoms with van der Waals surface area (Å²) in [5.74, 6) is -4.40. The summed E-state index contributed by atoms with van der Waals surface area (Å²) in [6, 6.07) is 5.47. The van der Waals surface area contributed by atoms with E-state index in [1.54, 1.807) is 6.07 Å². The van der Waals surface area contributed by atoms with Crippen molar-refractivity contribution >= 4 is 33.2 Å². The molecule has 0 aliphatic rings. The van der Waals surface area contributed by atoms with Crippen molar-refractivity contribution in [2.45, 2.75) is 0 Å². The average Bonchev–Trinajstić information content (AvgIpc) is 2.38. The number of halogens is 4. The molecule has 2 rings (SSSR count). The summed E-state index contributed by atoms with van der Waals surface area (Å²) in [5.41, 5.74) is 5.42. The van der Waals surface area contributed by atoms with E-state index in [0.717, 1.165) is 0 Å². The minimum Gasteiger partial charge on any atom is -0.398 e. The quantitative estimate of drug-likeness (QED) is 0.644. The van der Waals surface area contributed by atoms with Crippen LogP contribution in [0.5, 0.6) is 0 Å². The third kappa shape index (κ3) is 2.93. The van der Waals surface area contributed by atoms with Crippen molar-refractivity contribution in [3.63, 3.8) is 0 Å². The molecule has 0 radical (unpaired) electrons. The lowest BCUT2D eigenvalue weighted by Crippen LogP contribution is -2.15. The molecule has 0 aliphatic carbocycles. The molecule has 2 aromatic rings. The van der Waals surface area contributed by atoms with E-state index in [9.17, 15) is 18.0 Å². The predicted molar refractivity (Wildman–Crippen MR) is 72.8 cm³/mol. The molecule has 2 aromatic carbocycles. The van der Waals surface area contributed by atoms with E-state index < -0.39 is 29.0 Å². The van der Waals surface area contributed by atoms with E-state index in [0.29, 0.717) is 16.6 Å². The van der Waals surface area contributed by atoms with Gasteiger partial charge in [0.05, 0.1) is 11.3 Å². The molecule has 3 N–H and O–H groups in total. The Morgan fingerprint density at radius 2 is 1.70 bits per heavy atom. The first-order valence-electron chi connectivity index (χ1n) is 5.39. The number of rotatable bonds is 2. The van der Waals surface area contributed by atoms with Crippen LogP contribution in [-0.4, -0.2) is 5.91 Å². The number of hydrogen-bond donors (Lipinski definition) is 2. The first kappa shape index (κ1) is 14.4. The molecule has 7 heteroatoms. The maximum absolute atomic E-state index is 13.4. The molecule has 0 unspecified atom stereocenters. The summed E-state index contributed by atoms with van der Waals surface area (Å²) in [5, 5.41) is 2.14. The van der Waals surface area contributed by atoms with Crippen LogP contribution in [0.4, 0.5) is 24.5 Å². The van der Waals surface area contributed by atoms with Gasteiger partial charge >= 0.3 is 0 Å². The minimum atomic E-state index is -1.33. The second-order valence-corrected chi connectivity index (χ2v) is 4.85. The van der Waals surface area contributed by atoms with Crippen molar-refractivity contribution in [2.24, 2.45) is 0 Å². The van der Waals surface area contributed by atoms with Crippen molar-refractivity contribution in [1.29, 1.82) is 0 Å². The first-order valence-corrected chi connectivity index (χ1v) is 6.18. The van der Waals surface area contributed by atoms with Crippen molar-refractivity contribution < 1.29 is 18.0 Å². The monoisotopic (exact) mass is 344 g/mol. The highest BCUT2D eigenvalue weighted by atomic mass is 79.9. The smallest absolute Gasteiger partial charge is 0.257 e. The normalized spacial score (nSPS) is 10.4. The molecule has 0 fully saturated rings. The molecule has 0 aromatic heterocycles. The minimum absolute atomic E-state index is 0.0866. The van der Waals surface area contributed by atoms with Crippen LogP contribution in [0, 0.1) is 17.5 Å². The Morgan fingerprint density at radius 1 is 1.05 bits per heavy atom. The Morgan fingerprint density at radius 3 is 2.40 bits per heavy atom. The fraction of sp³-hybridized carbons (Fsp3) is 0. The van der Waals surface area contributed by atoms with Crippen molar-refractivity contribution in [1.82, 2.24) is 0 Å². The molecule has 104 valence electrons. The van der Waals surface area contributed by atoms with E-state index >= 15 is 0 Å². The summed E-state index contributed by atoms with van der Waals surface area (Å²) in [6.45, 7) is 0. The number of anilines is 2. The zero-order valence-corrected chi connectivity index (χ0v) is 11.5. The zero-order chi connectivity index (χ0) is 14.9. The van der Waals surface area contributed by atoms with Gasteiger partial charge in [0.1, 0.15) is 5.82 Å². The van der Waals surface area contributed by atoms with Crippen LogP contribution >= 0.6 is 15.9 Å². The van der Waals surface area contributed by atoms with Crippen molar-refractivity contribution in [3.05, 3.63) is 57.8 Å². The molecule has 1 amide bonds. The van der Waals surface area contributed by atoms with E-state index in [1.165, 1.54) is 12.1 Å². The summed E-state index contributed by atoms with van der Waals surface area (Å²) in [7, 11) is 0. The maximum atomic E-state index is 13.4. The van der Waals surface area contributed by atoms with Gasteiger partial charge in [-0.2, -0.15) is 0 Å². The largest absolute Gasteiger partial charge is 0.398 e. The third-order valence-corrected chi connectivity index (χ3v) is 3.01. The van der Waals surface area contributed by atoms with Gasteiger partial charge in [-0.05, 0) is 18.2 Å². The van der Waals surface area contributed by atoms with Crippen LogP contribution < -0.4 is 11.1 Å². The molecular weight excluding hydrogens is 337 g/mol. The Labute approximate surface area is 120 Å². The van der Waals surface area contributed by atoms with Gasteiger partial charge in [-0.1, -0.05) is 15.9 Å². The zero-order valence-electron chi connectivity index (χ0n) is 9.88. The van der Waals surface area contributed by atoms with Crippen LogP contribution in [0.3, 0.4) is 0 Å². The molecule has 3 nitrogen and oxygen atoms in total. The van der Waals surface area contributed by atoms with Gasteiger partial charge in [-0.25, -0.2) is 13.2 Å². The Hall–Kier alpha value is -2.02. The van der Waals surface area contributed by atoms with Crippen molar-refractivity contribution in [3.8, 4) is 0 Å². The molecule has 0 aliphatic heterocycles. The summed E-state index contributed by atoms with van der Waals surface area (Å²) in [6.07, 6.45) is 0. The second kappa shape index (κ2) is 5.54. The number of nitrogen functional groups attached to an aromatic ring is 1. The lowest BCUT2D eigenvalue weighted by molar-refractivity contribution is 0.102. The van der Waals surface area contributed by atoms with Gasteiger partial charge in [0, 0.05) is 22.3 Å². The Balaban J connectivity index is 2.32. The Kier molecular flexibility index (Phi) is 3.99. The second-order valence-electron chi connectivity index (χ2n) is 3.93. The van der Waals surface area contributed by atoms with Gasteiger partial charge < -0.3 is 11.1 Å². The van der Waals surface area contributed by atoms with Crippen LogP contribution in [0.1, 0.15) is 10.4 Å². The lowest BCUT2D eigenvalue weighted by Gasteiger charge is -2.09. The number of carbonyl (C=O) groups is 1. The van der Waals surface area contributed by atoms with E-state index in [-0.39, 0.29) is 11.3 Å². The van der Waals surface area contributed by atoms with Crippen LogP contribution in [0.15, 0.2) is 34.8 Å². The molecule has 20 heavy (non-hydrogen) atoms.